The molecule has 1 aromatic carbocycles. The number of hydrogen-bond donors (Lipinski definition) is 1. The summed E-state index contributed by atoms with van der Waals surface area (Å²) in [4.78, 5) is 37.3. The van der Waals surface area contributed by atoms with Crippen LogP contribution >= 0.6 is 0 Å². The van der Waals surface area contributed by atoms with E-state index in [2.05, 4.69) is 0 Å². The molecule has 154 valence electrons. The first-order valence-electron chi connectivity index (χ1n) is 9.83. The lowest BCUT2D eigenvalue weighted by Crippen LogP contribution is -2.39. The van der Waals surface area contributed by atoms with Crippen LogP contribution in [0.3, 0.4) is 0 Å². The summed E-state index contributed by atoms with van der Waals surface area (Å²) in [6, 6.07) is 1.19. The van der Waals surface area contributed by atoms with Crippen LogP contribution in [0.15, 0.2) is 17.1 Å². The van der Waals surface area contributed by atoms with Crippen LogP contribution in [-0.4, -0.2) is 40.8 Å². The number of halogens is 1. The van der Waals surface area contributed by atoms with Gasteiger partial charge in [-0.2, -0.15) is 0 Å². The largest absolute Gasteiger partial charge is 0.477 e. The fraction of sp³-hybridized carbons (Fsp3) is 0.476. The molecule has 2 aromatic rings. The summed E-state index contributed by atoms with van der Waals surface area (Å²) in [5.41, 5.74) is 0.849. The summed E-state index contributed by atoms with van der Waals surface area (Å²) >= 11 is 0. The van der Waals surface area contributed by atoms with Crippen LogP contribution in [-0.2, 0) is 16.0 Å². The average Bonchev–Trinajstić information content (AvgIpc) is 2.66. The average molecular weight is 402 g/mol. The summed E-state index contributed by atoms with van der Waals surface area (Å²) in [6.45, 7) is 4.43. The van der Waals surface area contributed by atoms with Crippen molar-refractivity contribution in [2.24, 2.45) is 0 Å². The molecule has 3 heterocycles. The highest BCUT2D eigenvalue weighted by molar-refractivity contribution is 5.95. The van der Waals surface area contributed by atoms with E-state index in [1.807, 2.05) is 11.8 Å². The number of anilines is 1. The maximum atomic E-state index is 15.2. The van der Waals surface area contributed by atoms with Gasteiger partial charge in [-0.25, -0.2) is 9.18 Å². The number of carbonyl (C=O) groups is 2. The number of aromatic nitrogens is 1. The van der Waals surface area contributed by atoms with Crippen molar-refractivity contribution in [2.45, 2.75) is 51.7 Å². The van der Waals surface area contributed by atoms with Crippen molar-refractivity contribution in [3.63, 3.8) is 0 Å². The number of aryl methyl sites for hydroxylation is 1. The molecule has 1 N–H and O–H groups in total. The third kappa shape index (κ3) is 3.26. The Labute approximate surface area is 166 Å². The lowest BCUT2D eigenvalue weighted by molar-refractivity contribution is -0.147. The molecule has 2 aliphatic rings. The molecule has 0 unspecified atom stereocenters. The van der Waals surface area contributed by atoms with Gasteiger partial charge in [0.05, 0.1) is 11.2 Å². The van der Waals surface area contributed by atoms with Crippen LogP contribution in [0.2, 0.25) is 0 Å². The minimum Gasteiger partial charge on any atom is -0.477 e. The van der Waals surface area contributed by atoms with E-state index in [1.54, 1.807) is 4.57 Å². The zero-order chi connectivity index (χ0) is 20.9. The minimum atomic E-state index is -1.31. The van der Waals surface area contributed by atoms with E-state index in [4.69, 9.17) is 4.74 Å². The molecule has 8 heteroatoms. The molecule has 0 amide bonds. The smallest absolute Gasteiger partial charge is 0.341 e. The lowest BCUT2D eigenvalue weighted by atomic mass is 9.93. The Morgan fingerprint density at radius 2 is 1.93 bits per heavy atom. The number of aromatic carboxylic acids is 1. The van der Waals surface area contributed by atoms with Gasteiger partial charge in [0.2, 0.25) is 5.43 Å². The number of rotatable bonds is 3. The van der Waals surface area contributed by atoms with E-state index in [1.165, 1.54) is 19.2 Å². The van der Waals surface area contributed by atoms with Gasteiger partial charge in [0.15, 0.2) is 0 Å². The zero-order valence-corrected chi connectivity index (χ0v) is 16.4. The SMILES string of the molecule is CC(=O)OC1CCN(c2c(F)cc3c(=O)c(C(=O)O)cn4c3c2CC[C@@H]4C)CC1. The van der Waals surface area contributed by atoms with Crippen molar-refractivity contribution in [2.75, 3.05) is 18.0 Å². The van der Waals surface area contributed by atoms with E-state index in [0.717, 1.165) is 12.0 Å². The van der Waals surface area contributed by atoms with E-state index in [-0.39, 0.29) is 29.1 Å². The molecule has 1 aromatic heterocycles. The van der Waals surface area contributed by atoms with Gasteiger partial charge in [0.25, 0.3) is 0 Å². The Bertz CT molecular complexity index is 1070. The number of carboxylic acids is 1. The number of pyridine rings is 1. The first-order chi connectivity index (χ1) is 13.8. The molecule has 29 heavy (non-hydrogen) atoms. The van der Waals surface area contributed by atoms with Crippen LogP contribution in [0.5, 0.6) is 0 Å². The van der Waals surface area contributed by atoms with E-state index < -0.39 is 17.2 Å². The van der Waals surface area contributed by atoms with Gasteiger partial charge in [-0.15, -0.1) is 0 Å². The first-order valence-corrected chi connectivity index (χ1v) is 9.83. The molecule has 2 aliphatic heterocycles. The van der Waals surface area contributed by atoms with E-state index in [9.17, 15) is 19.5 Å². The van der Waals surface area contributed by atoms with Crippen LogP contribution in [0.25, 0.3) is 10.9 Å². The third-order valence-electron chi connectivity index (χ3n) is 5.95. The zero-order valence-electron chi connectivity index (χ0n) is 16.4. The van der Waals surface area contributed by atoms with Gasteiger partial charge >= 0.3 is 11.9 Å². The molecule has 1 saturated heterocycles. The number of piperidine rings is 1. The number of benzene rings is 1. The number of ether oxygens (including phenoxy) is 1. The Hall–Kier alpha value is -2.90. The van der Waals surface area contributed by atoms with Crippen molar-refractivity contribution < 1.29 is 23.8 Å². The number of carbonyl (C=O) groups excluding carboxylic acids is 1. The molecule has 0 saturated carbocycles. The summed E-state index contributed by atoms with van der Waals surface area (Å²) in [5.74, 6) is -2.14. The lowest BCUT2D eigenvalue weighted by Gasteiger charge is -2.36. The highest BCUT2D eigenvalue weighted by Gasteiger charge is 2.30. The summed E-state index contributed by atoms with van der Waals surface area (Å²) in [7, 11) is 0. The van der Waals surface area contributed by atoms with Crippen molar-refractivity contribution in [1.82, 2.24) is 4.57 Å². The van der Waals surface area contributed by atoms with Crippen molar-refractivity contribution in [3.05, 3.63) is 39.4 Å². The van der Waals surface area contributed by atoms with E-state index in [0.29, 0.717) is 43.6 Å². The second-order valence-electron chi connectivity index (χ2n) is 7.85. The van der Waals surface area contributed by atoms with Crippen molar-refractivity contribution in [1.29, 1.82) is 0 Å². The second kappa shape index (κ2) is 7.17. The molecule has 0 radical (unpaired) electrons. The number of carboxylic acid groups (broad SMARTS) is 1. The Balaban J connectivity index is 1.83. The minimum absolute atomic E-state index is 0.0108. The summed E-state index contributed by atoms with van der Waals surface area (Å²) in [5, 5.41) is 9.50. The maximum Gasteiger partial charge on any atom is 0.341 e. The molecule has 0 aliphatic carbocycles. The summed E-state index contributed by atoms with van der Waals surface area (Å²) in [6.07, 6.45) is 3.77. The topological polar surface area (TPSA) is 88.8 Å². The number of hydrogen-bond acceptors (Lipinski definition) is 5. The highest BCUT2D eigenvalue weighted by atomic mass is 19.1. The predicted molar refractivity (Wildman–Crippen MR) is 105 cm³/mol. The molecule has 0 spiro atoms. The number of nitrogens with zero attached hydrogens (tertiary/aromatic N) is 2. The van der Waals surface area contributed by atoms with Gasteiger partial charge in [-0.3, -0.25) is 9.59 Å². The van der Waals surface area contributed by atoms with Gasteiger partial charge in [-0.05, 0) is 25.8 Å². The first kappa shape index (κ1) is 19.4. The quantitative estimate of drug-likeness (QED) is 0.795. The van der Waals surface area contributed by atoms with Gasteiger partial charge in [0.1, 0.15) is 17.5 Å². The van der Waals surface area contributed by atoms with Gasteiger partial charge in [0, 0.05) is 56.0 Å². The maximum absolute atomic E-state index is 15.2. The Morgan fingerprint density at radius 1 is 1.24 bits per heavy atom. The molecular formula is C21H23FN2O5. The Kier molecular flexibility index (Phi) is 4.80. The third-order valence-corrected chi connectivity index (χ3v) is 5.95. The van der Waals surface area contributed by atoms with Crippen molar-refractivity contribution in [3.8, 4) is 0 Å². The monoisotopic (exact) mass is 402 g/mol. The fourth-order valence-corrected chi connectivity index (χ4v) is 4.56. The van der Waals surface area contributed by atoms with Crippen LogP contribution in [0.1, 0.15) is 55.1 Å². The van der Waals surface area contributed by atoms with Crippen LogP contribution in [0, 0.1) is 5.82 Å². The molecule has 1 atom stereocenters. The molecule has 7 nitrogen and oxygen atoms in total. The fourth-order valence-electron chi connectivity index (χ4n) is 4.56. The van der Waals surface area contributed by atoms with Gasteiger partial charge in [-0.1, -0.05) is 0 Å². The highest BCUT2D eigenvalue weighted by Crippen LogP contribution is 2.39. The van der Waals surface area contributed by atoms with Crippen molar-refractivity contribution >= 4 is 28.5 Å². The van der Waals surface area contributed by atoms with Crippen LogP contribution < -0.4 is 10.3 Å². The predicted octanol–water partition coefficient (Wildman–Crippen LogP) is 2.88. The molecule has 4 rings (SSSR count). The second-order valence-corrected chi connectivity index (χ2v) is 7.85. The Morgan fingerprint density at radius 3 is 2.55 bits per heavy atom. The number of esters is 1. The molecular weight excluding hydrogens is 379 g/mol. The van der Waals surface area contributed by atoms with E-state index >= 15 is 4.39 Å². The summed E-state index contributed by atoms with van der Waals surface area (Å²) < 4.78 is 22.3. The molecule has 0 bridgehead atoms. The van der Waals surface area contributed by atoms with Gasteiger partial charge < -0.3 is 19.3 Å². The van der Waals surface area contributed by atoms with Crippen LogP contribution in [0.4, 0.5) is 10.1 Å². The standard InChI is InChI=1S/C21H23FN2O5/c1-11-3-4-14-18-15(20(26)16(21(27)28)10-24(11)18)9-17(22)19(14)23-7-5-13(6-8-23)29-12(2)25/h9-11,13H,3-8H2,1-2H3,(H,27,28)/t11-/m0/s1. The normalized spacial score (nSPS) is 19.4. The molecule has 1 fully saturated rings.